The highest BCUT2D eigenvalue weighted by Gasteiger charge is 2.24. The molecule has 1 atom stereocenters. The third-order valence-corrected chi connectivity index (χ3v) is 4.50. The first-order valence-corrected chi connectivity index (χ1v) is 8.09. The number of piperidine rings is 1. The minimum Gasteiger partial charge on any atom is -0.337 e. The predicted molar refractivity (Wildman–Crippen MR) is 99.2 cm³/mol. The van der Waals surface area contributed by atoms with Crippen molar-refractivity contribution in [2.45, 2.75) is 39.7 Å². The van der Waals surface area contributed by atoms with Gasteiger partial charge in [-0.2, -0.15) is 0 Å². The van der Waals surface area contributed by atoms with Gasteiger partial charge in [-0.3, -0.25) is 9.78 Å². The Labute approximate surface area is 152 Å². The van der Waals surface area contributed by atoms with E-state index in [1.54, 1.807) is 6.20 Å². The monoisotopic (exact) mass is 361 g/mol. The van der Waals surface area contributed by atoms with Crippen LogP contribution in [0.25, 0.3) is 0 Å². The average Bonchev–Trinajstić information content (AvgIpc) is 2.54. The number of carbonyl (C=O) groups excluding carboxylic acids is 1. The van der Waals surface area contributed by atoms with Crippen LogP contribution >= 0.6 is 24.8 Å². The molecule has 0 aliphatic carbocycles. The lowest BCUT2D eigenvalue weighted by Crippen LogP contribution is -2.35. The maximum atomic E-state index is 12.5. The van der Waals surface area contributed by atoms with E-state index in [9.17, 15) is 4.79 Å². The number of pyridine rings is 1. The Morgan fingerprint density at radius 1 is 1.35 bits per heavy atom. The van der Waals surface area contributed by atoms with Crippen molar-refractivity contribution >= 4 is 30.7 Å². The van der Waals surface area contributed by atoms with E-state index in [-0.39, 0.29) is 30.7 Å². The molecule has 2 heterocycles. The minimum absolute atomic E-state index is 0. The van der Waals surface area contributed by atoms with E-state index >= 15 is 0 Å². The number of carbonyl (C=O) groups is 1. The van der Waals surface area contributed by atoms with Crippen LogP contribution < -0.4 is 5.32 Å². The van der Waals surface area contributed by atoms with Crippen LogP contribution in [0.3, 0.4) is 0 Å². The topological polar surface area (TPSA) is 45.2 Å². The van der Waals surface area contributed by atoms with Crippen LogP contribution in [0.5, 0.6) is 0 Å². The van der Waals surface area contributed by atoms with Crippen LogP contribution in [0, 0.1) is 11.8 Å². The lowest BCUT2D eigenvalue weighted by Gasteiger charge is -2.29. The van der Waals surface area contributed by atoms with Crippen LogP contribution in [0.2, 0.25) is 0 Å². The van der Waals surface area contributed by atoms with Crippen LogP contribution in [-0.4, -0.2) is 35.4 Å². The van der Waals surface area contributed by atoms with Gasteiger partial charge in [0, 0.05) is 19.2 Å². The van der Waals surface area contributed by atoms with Crippen LogP contribution in [0.1, 0.15) is 38.8 Å². The number of hydrogen-bond donors (Lipinski definition) is 1. The average molecular weight is 362 g/mol. The lowest BCUT2D eigenvalue weighted by atomic mass is 9.84. The van der Waals surface area contributed by atoms with Gasteiger partial charge in [0.2, 0.25) is 5.91 Å². The normalized spacial score (nSPS) is 15.9. The SMILES string of the molecule is CCN(Cc1ccccn1)C(=O)CC(C)C1CCNCC1.Cl.Cl. The summed E-state index contributed by atoms with van der Waals surface area (Å²) in [6, 6.07) is 5.85. The lowest BCUT2D eigenvalue weighted by molar-refractivity contribution is -0.133. The van der Waals surface area contributed by atoms with Crippen molar-refractivity contribution in [3.05, 3.63) is 30.1 Å². The highest BCUT2D eigenvalue weighted by Crippen LogP contribution is 2.25. The molecule has 6 heteroatoms. The number of aromatic nitrogens is 1. The molecule has 4 nitrogen and oxygen atoms in total. The molecule has 1 saturated heterocycles. The first-order chi connectivity index (χ1) is 10.2. The summed E-state index contributed by atoms with van der Waals surface area (Å²) in [6.45, 7) is 7.81. The molecular weight excluding hydrogens is 333 g/mol. The molecule has 132 valence electrons. The van der Waals surface area contributed by atoms with Crippen LogP contribution in [-0.2, 0) is 11.3 Å². The number of nitrogens with zero attached hydrogens (tertiary/aromatic N) is 2. The maximum absolute atomic E-state index is 12.5. The summed E-state index contributed by atoms with van der Waals surface area (Å²) in [7, 11) is 0. The summed E-state index contributed by atoms with van der Waals surface area (Å²) < 4.78 is 0. The molecule has 1 N–H and O–H groups in total. The molecule has 0 bridgehead atoms. The minimum atomic E-state index is 0. The standard InChI is InChI=1S/C17H27N3O.2ClH/c1-3-20(13-16-6-4-5-9-19-16)17(21)12-14(2)15-7-10-18-11-8-15;;/h4-6,9,14-15,18H,3,7-8,10-13H2,1-2H3;2*1H. The number of rotatable bonds is 6. The fraction of sp³-hybridized carbons (Fsp3) is 0.647. The summed E-state index contributed by atoms with van der Waals surface area (Å²) >= 11 is 0. The van der Waals surface area contributed by atoms with E-state index in [2.05, 4.69) is 17.2 Å². The molecule has 1 fully saturated rings. The van der Waals surface area contributed by atoms with Crippen molar-refractivity contribution in [2.75, 3.05) is 19.6 Å². The second-order valence-corrected chi connectivity index (χ2v) is 6.00. The van der Waals surface area contributed by atoms with Crippen LogP contribution in [0.15, 0.2) is 24.4 Å². The molecule has 23 heavy (non-hydrogen) atoms. The zero-order valence-electron chi connectivity index (χ0n) is 14.0. The summed E-state index contributed by atoms with van der Waals surface area (Å²) in [6.07, 6.45) is 4.83. The fourth-order valence-electron chi connectivity index (χ4n) is 3.05. The molecule has 1 unspecified atom stereocenters. The molecule has 1 aromatic rings. The summed E-state index contributed by atoms with van der Waals surface area (Å²) in [4.78, 5) is 18.7. The molecule has 0 saturated carbocycles. The van der Waals surface area contributed by atoms with Gasteiger partial charge < -0.3 is 10.2 Å². The Balaban J connectivity index is 0.00000242. The van der Waals surface area contributed by atoms with Gasteiger partial charge in [-0.05, 0) is 56.8 Å². The fourth-order valence-corrected chi connectivity index (χ4v) is 3.05. The predicted octanol–water partition coefficient (Wildman–Crippen LogP) is 3.30. The maximum Gasteiger partial charge on any atom is 0.223 e. The summed E-state index contributed by atoms with van der Waals surface area (Å²) in [5.41, 5.74) is 0.960. The van der Waals surface area contributed by atoms with Gasteiger partial charge in [0.25, 0.3) is 0 Å². The first-order valence-electron chi connectivity index (χ1n) is 8.09. The van der Waals surface area contributed by atoms with Crippen molar-refractivity contribution in [3.63, 3.8) is 0 Å². The summed E-state index contributed by atoms with van der Waals surface area (Å²) in [5.74, 6) is 1.41. The third kappa shape index (κ3) is 7.06. The number of halogens is 2. The summed E-state index contributed by atoms with van der Waals surface area (Å²) in [5, 5.41) is 3.39. The zero-order valence-corrected chi connectivity index (χ0v) is 15.7. The molecule has 0 spiro atoms. The van der Waals surface area contributed by atoms with Gasteiger partial charge in [0.1, 0.15) is 0 Å². The Bertz CT molecular complexity index is 439. The van der Waals surface area contributed by atoms with E-state index in [0.29, 0.717) is 24.8 Å². The van der Waals surface area contributed by atoms with Gasteiger partial charge >= 0.3 is 0 Å². The molecule has 1 aromatic heterocycles. The molecule has 1 amide bonds. The third-order valence-electron chi connectivity index (χ3n) is 4.50. The largest absolute Gasteiger partial charge is 0.337 e. The number of hydrogen-bond acceptors (Lipinski definition) is 3. The van der Waals surface area contributed by atoms with E-state index in [0.717, 1.165) is 25.3 Å². The van der Waals surface area contributed by atoms with E-state index in [4.69, 9.17) is 0 Å². The van der Waals surface area contributed by atoms with Gasteiger partial charge in [-0.1, -0.05) is 13.0 Å². The Morgan fingerprint density at radius 2 is 2.04 bits per heavy atom. The van der Waals surface area contributed by atoms with Crippen molar-refractivity contribution in [1.82, 2.24) is 15.2 Å². The first kappa shape index (κ1) is 22.2. The number of nitrogens with one attached hydrogen (secondary N) is 1. The Morgan fingerprint density at radius 3 is 2.61 bits per heavy atom. The molecular formula is C17H29Cl2N3O. The second kappa shape index (κ2) is 11.7. The molecule has 0 aromatic carbocycles. The highest BCUT2D eigenvalue weighted by atomic mass is 35.5. The highest BCUT2D eigenvalue weighted by molar-refractivity contribution is 5.85. The molecule has 1 aliphatic rings. The van der Waals surface area contributed by atoms with Crippen molar-refractivity contribution in [2.24, 2.45) is 11.8 Å². The van der Waals surface area contributed by atoms with Gasteiger partial charge in [0.15, 0.2) is 0 Å². The van der Waals surface area contributed by atoms with Gasteiger partial charge in [-0.15, -0.1) is 24.8 Å². The molecule has 1 aliphatic heterocycles. The van der Waals surface area contributed by atoms with Gasteiger partial charge in [0.05, 0.1) is 12.2 Å². The second-order valence-electron chi connectivity index (χ2n) is 6.00. The van der Waals surface area contributed by atoms with E-state index < -0.39 is 0 Å². The smallest absolute Gasteiger partial charge is 0.223 e. The molecule has 2 rings (SSSR count). The van der Waals surface area contributed by atoms with Crippen molar-refractivity contribution in [1.29, 1.82) is 0 Å². The van der Waals surface area contributed by atoms with E-state index in [1.165, 1.54) is 12.8 Å². The van der Waals surface area contributed by atoms with E-state index in [1.807, 2.05) is 30.0 Å². The Hall–Kier alpha value is -0.840. The molecule has 0 radical (unpaired) electrons. The quantitative estimate of drug-likeness (QED) is 0.845. The van der Waals surface area contributed by atoms with Crippen molar-refractivity contribution in [3.8, 4) is 0 Å². The van der Waals surface area contributed by atoms with Crippen LogP contribution in [0.4, 0.5) is 0 Å². The Kier molecular flexibility index (Phi) is 11.2. The van der Waals surface area contributed by atoms with Gasteiger partial charge in [-0.25, -0.2) is 0 Å². The van der Waals surface area contributed by atoms with Crippen molar-refractivity contribution < 1.29 is 4.79 Å². The number of amides is 1. The zero-order chi connectivity index (χ0) is 15.1.